The van der Waals surface area contributed by atoms with Crippen LogP contribution in [0.2, 0.25) is 0 Å². The van der Waals surface area contributed by atoms with Crippen molar-refractivity contribution in [2.75, 3.05) is 39.8 Å². The van der Waals surface area contributed by atoms with Gasteiger partial charge in [0.1, 0.15) is 0 Å². The quantitative estimate of drug-likeness (QED) is 0.778. The molecule has 2 fully saturated rings. The van der Waals surface area contributed by atoms with E-state index >= 15 is 0 Å². The molecule has 0 atom stereocenters. The first-order valence-corrected chi connectivity index (χ1v) is 6.71. The predicted molar refractivity (Wildman–Crippen MR) is 68.4 cm³/mol. The van der Waals surface area contributed by atoms with Crippen LogP contribution in [0.4, 0.5) is 0 Å². The molecule has 0 spiro atoms. The fourth-order valence-electron chi connectivity index (χ4n) is 3.22. The molecular weight excluding hydrogens is 198 g/mol. The molecule has 1 saturated carbocycles. The molecule has 2 N–H and O–H groups in total. The first kappa shape index (κ1) is 12.3. The Labute approximate surface area is 100.0 Å². The highest BCUT2D eigenvalue weighted by molar-refractivity contribution is 5.04. The van der Waals surface area contributed by atoms with Crippen molar-refractivity contribution in [3.05, 3.63) is 0 Å². The van der Waals surface area contributed by atoms with Gasteiger partial charge < -0.3 is 10.6 Å². The molecule has 0 unspecified atom stereocenters. The van der Waals surface area contributed by atoms with E-state index in [0.29, 0.717) is 5.54 Å². The third kappa shape index (κ3) is 2.13. The van der Waals surface area contributed by atoms with Crippen LogP contribution in [0.1, 0.15) is 26.7 Å². The molecular formula is C13H27N3. The number of hydrogen-bond acceptors (Lipinski definition) is 3. The van der Waals surface area contributed by atoms with E-state index in [-0.39, 0.29) is 0 Å². The normalized spacial score (nSPS) is 37.7. The van der Waals surface area contributed by atoms with E-state index < -0.39 is 0 Å². The summed E-state index contributed by atoms with van der Waals surface area (Å²) >= 11 is 0. The SMILES string of the molecule is CC(C)C1CC(CN)(N2CCN(C)CC2)C1. The number of nitrogens with zero attached hydrogens (tertiary/aromatic N) is 2. The summed E-state index contributed by atoms with van der Waals surface area (Å²) in [5.41, 5.74) is 6.40. The molecule has 0 aromatic heterocycles. The summed E-state index contributed by atoms with van der Waals surface area (Å²) in [4.78, 5) is 5.07. The maximum absolute atomic E-state index is 6.04. The third-order valence-electron chi connectivity index (χ3n) is 4.78. The number of piperazine rings is 1. The lowest BCUT2D eigenvalue weighted by Crippen LogP contribution is -2.66. The van der Waals surface area contributed by atoms with Crippen LogP contribution in [0.3, 0.4) is 0 Å². The van der Waals surface area contributed by atoms with Crippen molar-refractivity contribution in [1.82, 2.24) is 9.80 Å². The molecule has 1 aliphatic carbocycles. The lowest BCUT2D eigenvalue weighted by molar-refractivity contribution is -0.0540. The lowest BCUT2D eigenvalue weighted by Gasteiger charge is -2.57. The highest BCUT2D eigenvalue weighted by Crippen LogP contribution is 2.45. The van der Waals surface area contributed by atoms with Gasteiger partial charge in [-0.1, -0.05) is 13.8 Å². The van der Waals surface area contributed by atoms with Crippen LogP contribution in [0.25, 0.3) is 0 Å². The van der Waals surface area contributed by atoms with Crippen molar-refractivity contribution in [1.29, 1.82) is 0 Å². The van der Waals surface area contributed by atoms with Gasteiger partial charge in [0.2, 0.25) is 0 Å². The van der Waals surface area contributed by atoms with Gasteiger partial charge in [0.05, 0.1) is 0 Å². The Morgan fingerprint density at radius 3 is 2.19 bits per heavy atom. The fourth-order valence-corrected chi connectivity index (χ4v) is 3.22. The average molecular weight is 225 g/mol. The van der Waals surface area contributed by atoms with Crippen LogP contribution in [0, 0.1) is 11.8 Å². The zero-order chi connectivity index (χ0) is 11.8. The Bertz CT molecular complexity index is 225. The Balaban J connectivity index is 1.91. The summed E-state index contributed by atoms with van der Waals surface area (Å²) in [5.74, 6) is 1.73. The predicted octanol–water partition coefficient (Wildman–Crippen LogP) is 0.997. The first-order chi connectivity index (χ1) is 7.57. The van der Waals surface area contributed by atoms with Crippen LogP contribution in [-0.2, 0) is 0 Å². The molecule has 0 amide bonds. The summed E-state index contributed by atoms with van der Waals surface area (Å²) in [5, 5.41) is 0. The smallest absolute Gasteiger partial charge is 0.0338 e. The minimum absolute atomic E-state index is 0.357. The number of rotatable bonds is 3. The standard InChI is InChI=1S/C13H27N3/c1-11(2)12-8-13(9-12,10-14)16-6-4-15(3)5-7-16/h11-12H,4-10,14H2,1-3H3. The second kappa shape index (κ2) is 4.63. The van der Waals surface area contributed by atoms with Crippen LogP contribution in [-0.4, -0.2) is 55.1 Å². The monoisotopic (exact) mass is 225 g/mol. The Morgan fingerprint density at radius 1 is 1.19 bits per heavy atom. The highest BCUT2D eigenvalue weighted by atomic mass is 15.3. The molecule has 1 saturated heterocycles. The molecule has 2 rings (SSSR count). The molecule has 0 bridgehead atoms. The Kier molecular flexibility index (Phi) is 3.57. The molecule has 0 aromatic rings. The van der Waals surface area contributed by atoms with Gasteiger partial charge in [-0.05, 0) is 31.7 Å². The van der Waals surface area contributed by atoms with Crippen molar-refractivity contribution in [3.8, 4) is 0 Å². The van der Waals surface area contributed by atoms with Crippen molar-refractivity contribution < 1.29 is 0 Å². The molecule has 3 nitrogen and oxygen atoms in total. The van der Waals surface area contributed by atoms with Crippen LogP contribution >= 0.6 is 0 Å². The Morgan fingerprint density at radius 2 is 1.75 bits per heavy atom. The van der Waals surface area contributed by atoms with Gasteiger partial charge in [-0.2, -0.15) is 0 Å². The third-order valence-corrected chi connectivity index (χ3v) is 4.78. The molecule has 0 aromatic carbocycles. The van der Waals surface area contributed by atoms with Gasteiger partial charge >= 0.3 is 0 Å². The van der Waals surface area contributed by atoms with Crippen molar-refractivity contribution in [2.24, 2.45) is 17.6 Å². The van der Waals surface area contributed by atoms with E-state index in [9.17, 15) is 0 Å². The summed E-state index contributed by atoms with van der Waals surface area (Å²) in [6.07, 6.45) is 2.65. The summed E-state index contributed by atoms with van der Waals surface area (Å²) in [6.45, 7) is 10.4. The molecule has 2 aliphatic rings. The molecule has 0 radical (unpaired) electrons. The van der Waals surface area contributed by atoms with E-state index in [4.69, 9.17) is 5.73 Å². The Hall–Kier alpha value is -0.120. The van der Waals surface area contributed by atoms with Gasteiger partial charge in [0.25, 0.3) is 0 Å². The molecule has 16 heavy (non-hydrogen) atoms. The lowest BCUT2D eigenvalue weighted by atomic mass is 9.63. The van der Waals surface area contributed by atoms with E-state index in [1.54, 1.807) is 0 Å². The van der Waals surface area contributed by atoms with Crippen molar-refractivity contribution in [2.45, 2.75) is 32.2 Å². The zero-order valence-corrected chi connectivity index (χ0v) is 11.1. The van der Waals surface area contributed by atoms with Gasteiger partial charge in [0, 0.05) is 38.3 Å². The largest absolute Gasteiger partial charge is 0.329 e. The summed E-state index contributed by atoms with van der Waals surface area (Å²) in [6, 6.07) is 0. The van der Waals surface area contributed by atoms with Crippen molar-refractivity contribution in [3.63, 3.8) is 0 Å². The van der Waals surface area contributed by atoms with E-state index in [2.05, 4.69) is 30.7 Å². The zero-order valence-electron chi connectivity index (χ0n) is 11.1. The van der Waals surface area contributed by atoms with Crippen molar-refractivity contribution >= 4 is 0 Å². The molecule has 94 valence electrons. The number of likely N-dealkylation sites (N-methyl/N-ethyl adjacent to an activating group) is 1. The minimum atomic E-state index is 0.357. The minimum Gasteiger partial charge on any atom is -0.329 e. The molecule has 1 heterocycles. The number of hydrogen-bond donors (Lipinski definition) is 1. The maximum atomic E-state index is 6.04. The molecule has 1 aliphatic heterocycles. The van der Waals surface area contributed by atoms with Crippen LogP contribution in [0.5, 0.6) is 0 Å². The van der Waals surface area contributed by atoms with Crippen LogP contribution in [0.15, 0.2) is 0 Å². The van der Waals surface area contributed by atoms with E-state index in [1.807, 2.05) is 0 Å². The van der Waals surface area contributed by atoms with Crippen LogP contribution < -0.4 is 5.73 Å². The van der Waals surface area contributed by atoms with E-state index in [1.165, 1.54) is 39.0 Å². The second-order valence-corrected chi connectivity index (χ2v) is 6.13. The number of nitrogens with two attached hydrogens (primary N) is 1. The summed E-state index contributed by atoms with van der Waals surface area (Å²) < 4.78 is 0. The summed E-state index contributed by atoms with van der Waals surface area (Å²) in [7, 11) is 2.21. The molecule has 3 heteroatoms. The van der Waals surface area contributed by atoms with Gasteiger partial charge in [-0.25, -0.2) is 0 Å². The topological polar surface area (TPSA) is 32.5 Å². The fraction of sp³-hybridized carbons (Fsp3) is 1.00. The average Bonchev–Trinajstić information content (AvgIpc) is 2.19. The highest BCUT2D eigenvalue weighted by Gasteiger charge is 2.48. The maximum Gasteiger partial charge on any atom is 0.0338 e. The van der Waals surface area contributed by atoms with Gasteiger partial charge in [-0.3, -0.25) is 4.90 Å². The van der Waals surface area contributed by atoms with E-state index in [0.717, 1.165) is 18.4 Å². The van der Waals surface area contributed by atoms with Gasteiger partial charge in [0.15, 0.2) is 0 Å². The first-order valence-electron chi connectivity index (χ1n) is 6.71. The van der Waals surface area contributed by atoms with Gasteiger partial charge in [-0.15, -0.1) is 0 Å². The second-order valence-electron chi connectivity index (χ2n) is 6.13.